The average Bonchev–Trinajstić information content (AvgIpc) is 2.31. The topological polar surface area (TPSA) is 72.9 Å². The normalized spacial score (nSPS) is 10.7. The summed E-state index contributed by atoms with van der Waals surface area (Å²) in [4.78, 5) is 35.7. The molecule has 0 bridgehead atoms. The molecule has 0 aliphatic heterocycles. The molecule has 0 aromatic carbocycles. The van der Waals surface area contributed by atoms with Gasteiger partial charge in [0.2, 0.25) is 5.91 Å². The fraction of sp³-hybridized carbons (Fsp3) is 0.750. The standard InChI is InChI=1S/C12H21NO5/c1-12(2,3)11(16)13(8-10(15)18-5)7-6-9(14)17-4/h6-8H2,1-5H3. The number of amides is 1. The SMILES string of the molecule is COC(=O)CCN(CC(=O)OC)C(=O)C(C)(C)C. The van der Waals surface area contributed by atoms with E-state index in [-0.39, 0.29) is 25.4 Å². The van der Waals surface area contributed by atoms with Crippen molar-refractivity contribution < 1.29 is 23.9 Å². The third kappa shape index (κ3) is 5.65. The van der Waals surface area contributed by atoms with Crippen molar-refractivity contribution in [3.63, 3.8) is 0 Å². The van der Waals surface area contributed by atoms with E-state index in [0.29, 0.717) is 0 Å². The molecule has 1 amide bonds. The van der Waals surface area contributed by atoms with Crippen LogP contribution in [0, 0.1) is 5.41 Å². The second-order valence-electron chi connectivity index (χ2n) is 4.88. The Kier molecular flexibility index (Phi) is 6.36. The maximum Gasteiger partial charge on any atom is 0.325 e. The molecule has 0 fully saturated rings. The van der Waals surface area contributed by atoms with Crippen LogP contribution in [-0.4, -0.2) is 50.1 Å². The van der Waals surface area contributed by atoms with E-state index in [1.807, 2.05) is 0 Å². The molecule has 0 heterocycles. The Labute approximate surface area is 107 Å². The zero-order valence-electron chi connectivity index (χ0n) is 11.6. The van der Waals surface area contributed by atoms with Crippen LogP contribution in [0.3, 0.4) is 0 Å². The minimum atomic E-state index is -0.621. The highest BCUT2D eigenvalue weighted by Crippen LogP contribution is 2.17. The molecule has 104 valence electrons. The van der Waals surface area contributed by atoms with Gasteiger partial charge in [0.25, 0.3) is 0 Å². The number of rotatable bonds is 5. The van der Waals surface area contributed by atoms with E-state index in [9.17, 15) is 14.4 Å². The molecule has 0 aliphatic carbocycles. The summed E-state index contributed by atoms with van der Waals surface area (Å²) in [5.41, 5.74) is -0.621. The second-order valence-corrected chi connectivity index (χ2v) is 4.88. The molecule has 0 N–H and O–H groups in total. The van der Waals surface area contributed by atoms with Crippen LogP contribution in [0.5, 0.6) is 0 Å². The summed E-state index contributed by atoms with van der Waals surface area (Å²) >= 11 is 0. The van der Waals surface area contributed by atoms with E-state index in [1.165, 1.54) is 19.1 Å². The number of ether oxygens (including phenoxy) is 2. The second kappa shape index (κ2) is 6.98. The Morgan fingerprint density at radius 1 is 1.00 bits per heavy atom. The van der Waals surface area contributed by atoms with Gasteiger partial charge in [0, 0.05) is 12.0 Å². The number of carbonyl (C=O) groups is 3. The van der Waals surface area contributed by atoms with Crippen LogP contribution in [0.2, 0.25) is 0 Å². The van der Waals surface area contributed by atoms with Gasteiger partial charge < -0.3 is 14.4 Å². The van der Waals surface area contributed by atoms with E-state index < -0.39 is 17.4 Å². The molecule has 0 saturated heterocycles. The van der Waals surface area contributed by atoms with Crippen LogP contribution in [0.4, 0.5) is 0 Å². The molecule has 0 aliphatic rings. The minimum Gasteiger partial charge on any atom is -0.469 e. The van der Waals surface area contributed by atoms with E-state index in [1.54, 1.807) is 20.8 Å². The van der Waals surface area contributed by atoms with Gasteiger partial charge in [-0.1, -0.05) is 20.8 Å². The summed E-state index contributed by atoms with van der Waals surface area (Å²) in [7, 11) is 2.53. The lowest BCUT2D eigenvalue weighted by Crippen LogP contribution is -2.43. The Balaban J connectivity index is 4.67. The highest BCUT2D eigenvalue weighted by Gasteiger charge is 2.29. The van der Waals surface area contributed by atoms with Crippen LogP contribution in [-0.2, 0) is 23.9 Å². The molecule has 0 atom stereocenters. The zero-order chi connectivity index (χ0) is 14.3. The molecule has 0 aromatic heterocycles. The summed E-state index contributed by atoms with van der Waals surface area (Å²) < 4.78 is 9.03. The van der Waals surface area contributed by atoms with Gasteiger partial charge in [-0.05, 0) is 0 Å². The quantitative estimate of drug-likeness (QED) is 0.676. The van der Waals surface area contributed by atoms with Gasteiger partial charge in [0.1, 0.15) is 6.54 Å². The van der Waals surface area contributed by atoms with Crippen molar-refractivity contribution >= 4 is 17.8 Å². The van der Waals surface area contributed by atoms with Gasteiger partial charge in [-0.2, -0.15) is 0 Å². The van der Waals surface area contributed by atoms with Gasteiger partial charge >= 0.3 is 11.9 Å². The first-order valence-corrected chi connectivity index (χ1v) is 5.65. The first-order chi connectivity index (χ1) is 8.22. The van der Waals surface area contributed by atoms with Crippen LogP contribution in [0.25, 0.3) is 0 Å². The van der Waals surface area contributed by atoms with Crippen LogP contribution in [0.1, 0.15) is 27.2 Å². The molecule has 0 spiro atoms. The third-order valence-corrected chi connectivity index (χ3v) is 2.29. The summed E-state index contributed by atoms with van der Waals surface area (Å²) in [6.07, 6.45) is 0.0509. The summed E-state index contributed by atoms with van der Waals surface area (Å²) in [5.74, 6) is -1.15. The number of methoxy groups -OCH3 is 2. The number of hydrogen-bond acceptors (Lipinski definition) is 5. The molecule has 0 aromatic rings. The van der Waals surface area contributed by atoms with Gasteiger partial charge in [0.05, 0.1) is 20.6 Å². The number of carbonyl (C=O) groups excluding carboxylic acids is 3. The Bertz CT molecular complexity index is 319. The smallest absolute Gasteiger partial charge is 0.325 e. The maximum atomic E-state index is 12.1. The number of esters is 2. The largest absolute Gasteiger partial charge is 0.469 e. The lowest BCUT2D eigenvalue weighted by Gasteiger charge is -2.28. The van der Waals surface area contributed by atoms with Crippen molar-refractivity contribution in [1.29, 1.82) is 0 Å². The van der Waals surface area contributed by atoms with Crippen molar-refractivity contribution in [2.45, 2.75) is 27.2 Å². The van der Waals surface area contributed by atoms with E-state index in [4.69, 9.17) is 0 Å². The molecule has 0 radical (unpaired) electrons. The molecular formula is C12H21NO5. The lowest BCUT2D eigenvalue weighted by atomic mass is 9.94. The van der Waals surface area contributed by atoms with E-state index in [0.717, 1.165) is 0 Å². The van der Waals surface area contributed by atoms with Gasteiger partial charge in [-0.3, -0.25) is 14.4 Å². The average molecular weight is 259 g/mol. The monoisotopic (exact) mass is 259 g/mol. The molecule has 0 saturated carbocycles. The van der Waals surface area contributed by atoms with E-state index in [2.05, 4.69) is 9.47 Å². The molecule has 0 unspecified atom stereocenters. The van der Waals surface area contributed by atoms with Gasteiger partial charge in [-0.25, -0.2) is 0 Å². The number of hydrogen-bond donors (Lipinski definition) is 0. The maximum absolute atomic E-state index is 12.1. The molecular weight excluding hydrogens is 238 g/mol. The summed E-state index contributed by atoms with van der Waals surface area (Å²) in [5, 5.41) is 0. The Morgan fingerprint density at radius 2 is 1.50 bits per heavy atom. The van der Waals surface area contributed by atoms with Crippen molar-refractivity contribution in [3.05, 3.63) is 0 Å². The van der Waals surface area contributed by atoms with Gasteiger partial charge in [0.15, 0.2) is 0 Å². The van der Waals surface area contributed by atoms with Crippen LogP contribution >= 0.6 is 0 Å². The fourth-order valence-corrected chi connectivity index (χ4v) is 1.28. The van der Waals surface area contributed by atoms with Crippen molar-refractivity contribution in [1.82, 2.24) is 4.90 Å². The van der Waals surface area contributed by atoms with Crippen LogP contribution < -0.4 is 0 Å². The van der Waals surface area contributed by atoms with Crippen LogP contribution in [0.15, 0.2) is 0 Å². The highest BCUT2D eigenvalue weighted by molar-refractivity contribution is 5.86. The predicted octanol–water partition coefficient (Wildman–Crippen LogP) is 0.597. The van der Waals surface area contributed by atoms with Crippen molar-refractivity contribution in [3.8, 4) is 0 Å². The Morgan fingerprint density at radius 3 is 1.89 bits per heavy atom. The van der Waals surface area contributed by atoms with Crippen molar-refractivity contribution in [2.24, 2.45) is 5.41 Å². The minimum absolute atomic E-state index is 0.0509. The summed E-state index contributed by atoms with van der Waals surface area (Å²) in [6.45, 7) is 5.22. The molecule has 0 rings (SSSR count). The first kappa shape index (κ1) is 16.4. The van der Waals surface area contributed by atoms with E-state index >= 15 is 0 Å². The van der Waals surface area contributed by atoms with Gasteiger partial charge in [-0.15, -0.1) is 0 Å². The highest BCUT2D eigenvalue weighted by atomic mass is 16.5. The molecule has 18 heavy (non-hydrogen) atoms. The lowest BCUT2D eigenvalue weighted by molar-refractivity contribution is -0.151. The fourth-order valence-electron chi connectivity index (χ4n) is 1.28. The molecule has 6 nitrogen and oxygen atoms in total. The first-order valence-electron chi connectivity index (χ1n) is 5.65. The predicted molar refractivity (Wildman–Crippen MR) is 64.7 cm³/mol. The zero-order valence-corrected chi connectivity index (χ0v) is 11.6. The summed E-state index contributed by atoms with van der Waals surface area (Å²) in [6, 6.07) is 0. The number of nitrogens with zero attached hydrogens (tertiary/aromatic N) is 1. The Hall–Kier alpha value is -1.59. The molecule has 6 heteroatoms. The third-order valence-electron chi connectivity index (χ3n) is 2.29. The van der Waals surface area contributed by atoms with Crippen molar-refractivity contribution in [2.75, 3.05) is 27.3 Å².